The minimum Gasteiger partial charge on any atom is -0.492 e. The number of nitrogens with zero attached hydrogens (tertiary/aromatic N) is 2. The third-order valence-corrected chi connectivity index (χ3v) is 4.02. The van der Waals surface area contributed by atoms with Gasteiger partial charge < -0.3 is 15.0 Å². The first-order valence-corrected chi connectivity index (χ1v) is 8.02. The zero-order chi connectivity index (χ0) is 15.9. The third-order valence-electron chi connectivity index (χ3n) is 2.87. The molecule has 5 nitrogen and oxygen atoms in total. The molecule has 7 heteroatoms. The van der Waals surface area contributed by atoms with Crippen LogP contribution in [0.5, 0.6) is 5.75 Å². The number of urea groups is 1. The molecule has 0 aliphatic heterocycles. The van der Waals surface area contributed by atoms with Crippen LogP contribution in [0.1, 0.15) is 9.88 Å². The molecule has 22 heavy (non-hydrogen) atoms. The van der Waals surface area contributed by atoms with Crippen molar-refractivity contribution in [3.8, 4) is 5.75 Å². The largest absolute Gasteiger partial charge is 0.492 e. The smallest absolute Gasteiger partial charge is 0.317 e. The molecule has 2 rings (SSSR count). The van der Waals surface area contributed by atoms with Gasteiger partial charge in [0.05, 0.1) is 18.1 Å². The van der Waals surface area contributed by atoms with Crippen LogP contribution < -0.4 is 10.1 Å². The maximum absolute atomic E-state index is 11.9. The Balaban J connectivity index is 1.67. The van der Waals surface area contributed by atoms with Crippen LogP contribution in [0.4, 0.5) is 4.79 Å². The summed E-state index contributed by atoms with van der Waals surface area (Å²) in [6.45, 7) is 3.34. The predicted molar refractivity (Wildman–Crippen MR) is 88.7 cm³/mol. The number of carbonyl (C=O) groups excluding carboxylic acids is 1. The van der Waals surface area contributed by atoms with E-state index in [2.05, 4.69) is 10.3 Å². The summed E-state index contributed by atoms with van der Waals surface area (Å²) in [5.74, 6) is 0.729. The van der Waals surface area contributed by atoms with Crippen LogP contribution in [0.3, 0.4) is 0 Å². The van der Waals surface area contributed by atoms with Gasteiger partial charge >= 0.3 is 6.03 Å². The maximum atomic E-state index is 11.9. The Kier molecular flexibility index (Phi) is 6.03. The zero-order valence-corrected chi connectivity index (χ0v) is 14.1. The molecule has 1 aromatic carbocycles. The van der Waals surface area contributed by atoms with Gasteiger partial charge in [-0.05, 0) is 31.2 Å². The number of ether oxygens (including phenoxy) is 1. The van der Waals surface area contributed by atoms with E-state index in [1.807, 2.05) is 6.92 Å². The van der Waals surface area contributed by atoms with E-state index in [4.69, 9.17) is 16.3 Å². The molecule has 0 saturated carbocycles. The molecule has 0 spiro atoms. The fraction of sp³-hybridized carbons (Fsp3) is 0.333. The minimum absolute atomic E-state index is 0.134. The van der Waals surface area contributed by atoms with E-state index < -0.39 is 0 Å². The van der Waals surface area contributed by atoms with Crippen molar-refractivity contribution in [1.29, 1.82) is 0 Å². The molecule has 0 aliphatic rings. The van der Waals surface area contributed by atoms with Gasteiger partial charge in [-0.25, -0.2) is 9.78 Å². The number of hydrogen-bond acceptors (Lipinski definition) is 4. The number of aromatic nitrogens is 1. The molecular formula is C15H18ClN3O2S. The minimum atomic E-state index is -0.134. The van der Waals surface area contributed by atoms with Gasteiger partial charge in [0.1, 0.15) is 12.4 Å². The van der Waals surface area contributed by atoms with Crippen LogP contribution in [-0.2, 0) is 6.54 Å². The fourth-order valence-corrected chi connectivity index (χ4v) is 2.75. The molecule has 0 aliphatic carbocycles. The quantitative estimate of drug-likeness (QED) is 0.821. The molecule has 0 unspecified atom stereocenters. The van der Waals surface area contributed by atoms with Crippen LogP contribution in [0.15, 0.2) is 30.5 Å². The fourth-order valence-electron chi connectivity index (χ4n) is 1.78. The predicted octanol–water partition coefficient (Wildman–Crippen LogP) is 3.33. The molecule has 0 bridgehead atoms. The molecular weight excluding hydrogens is 322 g/mol. The SMILES string of the molecule is Cc1ncc(CN(C)C(=O)NCCOc2ccc(Cl)cc2)s1. The lowest BCUT2D eigenvalue weighted by molar-refractivity contribution is 0.204. The first-order valence-electron chi connectivity index (χ1n) is 6.83. The van der Waals surface area contributed by atoms with Crippen molar-refractivity contribution in [3.63, 3.8) is 0 Å². The number of nitrogens with one attached hydrogen (secondary N) is 1. The van der Waals surface area contributed by atoms with Crippen molar-refractivity contribution in [1.82, 2.24) is 15.2 Å². The molecule has 2 amide bonds. The molecule has 2 aromatic rings. The average molecular weight is 340 g/mol. The van der Waals surface area contributed by atoms with Crippen molar-refractivity contribution in [2.45, 2.75) is 13.5 Å². The highest BCUT2D eigenvalue weighted by Crippen LogP contribution is 2.15. The molecule has 0 fully saturated rings. The molecule has 1 aromatic heterocycles. The maximum Gasteiger partial charge on any atom is 0.317 e. The number of carbonyl (C=O) groups is 1. The zero-order valence-electron chi connectivity index (χ0n) is 12.5. The van der Waals surface area contributed by atoms with E-state index in [1.165, 1.54) is 0 Å². The number of benzene rings is 1. The average Bonchev–Trinajstić information content (AvgIpc) is 2.90. The second-order valence-corrected chi connectivity index (χ2v) is 6.49. The molecule has 1 heterocycles. The van der Waals surface area contributed by atoms with Gasteiger partial charge in [0.25, 0.3) is 0 Å². The molecule has 1 N–H and O–H groups in total. The normalized spacial score (nSPS) is 10.3. The van der Waals surface area contributed by atoms with Gasteiger partial charge in [0.15, 0.2) is 0 Å². The standard InChI is InChI=1S/C15H18ClN3O2S/c1-11-18-9-14(22-11)10-19(2)15(20)17-7-8-21-13-5-3-12(16)4-6-13/h3-6,9H,7-8,10H2,1-2H3,(H,17,20). The van der Waals surface area contributed by atoms with Gasteiger partial charge in [-0.2, -0.15) is 0 Å². The van der Waals surface area contributed by atoms with E-state index in [9.17, 15) is 4.79 Å². The Labute approximate surface area is 138 Å². The Bertz CT molecular complexity index is 616. The number of hydrogen-bond donors (Lipinski definition) is 1. The van der Waals surface area contributed by atoms with Gasteiger partial charge in [0.2, 0.25) is 0 Å². The lowest BCUT2D eigenvalue weighted by Gasteiger charge is -2.17. The lowest BCUT2D eigenvalue weighted by atomic mass is 10.3. The monoisotopic (exact) mass is 339 g/mol. The molecule has 0 radical (unpaired) electrons. The highest BCUT2D eigenvalue weighted by Gasteiger charge is 2.09. The van der Waals surface area contributed by atoms with Crippen molar-refractivity contribution in [3.05, 3.63) is 45.4 Å². The Morgan fingerprint density at radius 3 is 2.77 bits per heavy atom. The van der Waals surface area contributed by atoms with E-state index in [1.54, 1.807) is 53.7 Å². The van der Waals surface area contributed by atoms with E-state index >= 15 is 0 Å². The van der Waals surface area contributed by atoms with E-state index in [0.29, 0.717) is 24.7 Å². The van der Waals surface area contributed by atoms with Gasteiger partial charge in [-0.3, -0.25) is 0 Å². The Morgan fingerprint density at radius 2 is 2.14 bits per heavy atom. The Morgan fingerprint density at radius 1 is 1.41 bits per heavy atom. The van der Waals surface area contributed by atoms with Crippen LogP contribution in [0, 0.1) is 6.92 Å². The number of amides is 2. The van der Waals surface area contributed by atoms with Crippen molar-refractivity contribution < 1.29 is 9.53 Å². The lowest BCUT2D eigenvalue weighted by Crippen LogP contribution is -2.38. The summed E-state index contributed by atoms with van der Waals surface area (Å²) in [6.07, 6.45) is 1.80. The van der Waals surface area contributed by atoms with Crippen LogP contribution in [0.25, 0.3) is 0 Å². The third kappa shape index (κ3) is 5.20. The number of aryl methyl sites for hydroxylation is 1. The summed E-state index contributed by atoms with van der Waals surface area (Å²) in [6, 6.07) is 6.98. The van der Waals surface area contributed by atoms with Crippen LogP contribution in [-0.4, -0.2) is 36.1 Å². The summed E-state index contributed by atoms with van der Waals surface area (Å²) in [5, 5.41) is 4.48. The highest BCUT2D eigenvalue weighted by atomic mass is 35.5. The number of rotatable bonds is 6. The van der Waals surface area contributed by atoms with E-state index in [-0.39, 0.29) is 6.03 Å². The van der Waals surface area contributed by atoms with Crippen molar-refractivity contribution >= 4 is 29.0 Å². The topological polar surface area (TPSA) is 54.5 Å². The van der Waals surface area contributed by atoms with Gasteiger partial charge in [-0.1, -0.05) is 11.6 Å². The number of halogens is 1. The van der Waals surface area contributed by atoms with Crippen LogP contribution >= 0.6 is 22.9 Å². The van der Waals surface area contributed by atoms with Crippen LogP contribution in [0.2, 0.25) is 5.02 Å². The second kappa shape index (κ2) is 8.00. The summed E-state index contributed by atoms with van der Waals surface area (Å²) in [7, 11) is 1.75. The van der Waals surface area contributed by atoms with Crippen molar-refractivity contribution in [2.24, 2.45) is 0 Å². The van der Waals surface area contributed by atoms with E-state index in [0.717, 1.165) is 15.6 Å². The number of thiazole rings is 1. The van der Waals surface area contributed by atoms with Gasteiger partial charge in [-0.15, -0.1) is 11.3 Å². The summed E-state index contributed by atoms with van der Waals surface area (Å²) < 4.78 is 5.51. The highest BCUT2D eigenvalue weighted by molar-refractivity contribution is 7.11. The summed E-state index contributed by atoms with van der Waals surface area (Å²) in [5.41, 5.74) is 0. The van der Waals surface area contributed by atoms with Gasteiger partial charge in [0, 0.05) is 23.1 Å². The first kappa shape index (κ1) is 16.6. The first-order chi connectivity index (χ1) is 10.5. The molecule has 118 valence electrons. The summed E-state index contributed by atoms with van der Waals surface area (Å²) >= 11 is 7.39. The summed E-state index contributed by atoms with van der Waals surface area (Å²) in [4.78, 5) is 18.8. The Hall–Kier alpha value is -1.79. The molecule has 0 saturated heterocycles. The molecule has 0 atom stereocenters. The second-order valence-electron chi connectivity index (χ2n) is 4.74. The van der Waals surface area contributed by atoms with Crippen molar-refractivity contribution in [2.75, 3.05) is 20.2 Å².